The molecule has 2 nitrogen and oxygen atoms in total. The molecule has 1 unspecified atom stereocenters. The normalized spacial score (nSPS) is 12.6. The molecule has 1 aromatic heterocycles. The van der Waals surface area contributed by atoms with Gasteiger partial charge in [0.2, 0.25) is 0 Å². The quantitative estimate of drug-likeness (QED) is 0.805. The fraction of sp³-hybridized carbons (Fsp3) is 0.357. The number of nitrogens with zero attached hydrogens (tertiary/aromatic N) is 1. The molecular formula is C14H18N2S2. The first-order valence-corrected chi connectivity index (χ1v) is 8.00. The second kappa shape index (κ2) is 6.92. The van der Waals surface area contributed by atoms with Crippen LogP contribution in [0.3, 0.4) is 0 Å². The third-order valence-corrected chi connectivity index (χ3v) is 4.72. The smallest absolute Gasteiger partial charge is 0.103 e. The summed E-state index contributed by atoms with van der Waals surface area (Å²) in [7, 11) is 0. The number of nitrogens with one attached hydrogen (secondary N) is 1. The summed E-state index contributed by atoms with van der Waals surface area (Å²) in [5.74, 6) is 0.958. The van der Waals surface area contributed by atoms with Crippen molar-refractivity contribution in [2.75, 3.05) is 6.54 Å². The van der Waals surface area contributed by atoms with Crippen LogP contribution >= 0.6 is 23.1 Å². The van der Waals surface area contributed by atoms with Crippen molar-refractivity contribution in [1.82, 2.24) is 10.3 Å². The van der Waals surface area contributed by atoms with Gasteiger partial charge in [-0.3, -0.25) is 0 Å². The summed E-state index contributed by atoms with van der Waals surface area (Å²) in [5.41, 5.74) is 1.34. The highest BCUT2D eigenvalue weighted by Crippen LogP contribution is 2.25. The molecule has 2 rings (SSSR count). The predicted octanol–water partition coefficient (Wildman–Crippen LogP) is 4.11. The highest BCUT2D eigenvalue weighted by Gasteiger charge is 2.04. The minimum atomic E-state index is 0.424. The van der Waals surface area contributed by atoms with Crippen LogP contribution in [0, 0.1) is 0 Å². The van der Waals surface area contributed by atoms with Crippen molar-refractivity contribution >= 4 is 23.1 Å². The van der Waals surface area contributed by atoms with E-state index in [-0.39, 0.29) is 0 Å². The molecule has 0 radical (unpaired) electrons. The Bertz CT molecular complexity index is 451. The van der Waals surface area contributed by atoms with E-state index in [4.69, 9.17) is 0 Å². The average molecular weight is 278 g/mol. The summed E-state index contributed by atoms with van der Waals surface area (Å²) in [6.45, 7) is 5.33. The van der Waals surface area contributed by atoms with Crippen LogP contribution < -0.4 is 5.32 Å². The molecule has 0 aliphatic rings. The Balaban J connectivity index is 1.91. The molecule has 1 heterocycles. The van der Waals surface area contributed by atoms with Crippen molar-refractivity contribution in [2.24, 2.45) is 0 Å². The first-order valence-electron chi connectivity index (χ1n) is 6.14. The number of benzene rings is 1. The topological polar surface area (TPSA) is 24.9 Å². The van der Waals surface area contributed by atoms with E-state index in [1.54, 1.807) is 11.3 Å². The lowest BCUT2D eigenvalue weighted by molar-refractivity contribution is 0.598. The standard InChI is InChI=1S/C14H18N2S2/c1-3-15-11(2)12-4-6-13(7-5-12)18-10-14-16-8-9-17-14/h4-9,11,15H,3,10H2,1-2H3. The highest BCUT2D eigenvalue weighted by atomic mass is 32.2. The zero-order chi connectivity index (χ0) is 12.8. The molecule has 1 N–H and O–H groups in total. The number of rotatable bonds is 6. The van der Waals surface area contributed by atoms with Gasteiger partial charge in [0.1, 0.15) is 5.01 Å². The van der Waals surface area contributed by atoms with E-state index in [0.717, 1.165) is 12.3 Å². The average Bonchev–Trinajstić information content (AvgIpc) is 2.90. The molecule has 1 aromatic carbocycles. The number of aromatic nitrogens is 1. The Morgan fingerprint density at radius 2 is 2.11 bits per heavy atom. The minimum Gasteiger partial charge on any atom is -0.310 e. The van der Waals surface area contributed by atoms with Gasteiger partial charge in [0.25, 0.3) is 0 Å². The molecule has 0 fully saturated rings. The second-order valence-corrected chi connectivity index (χ2v) is 6.09. The first-order chi connectivity index (χ1) is 8.79. The van der Waals surface area contributed by atoms with Crippen LogP contribution in [-0.2, 0) is 5.75 Å². The lowest BCUT2D eigenvalue weighted by Crippen LogP contribution is -2.17. The van der Waals surface area contributed by atoms with Crippen molar-refractivity contribution < 1.29 is 0 Å². The molecule has 18 heavy (non-hydrogen) atoms. The molecule has 0 bridgehead atoms. The molecule has 1 atom stereocenters. The Kier molecular flexibility index (Phi) is 5.23. The summed E-state index contributed by atoms with van der Waals surface area (Å²) in [6, 6.07) is 9.23. The van der Waals surface area contributed by atoms with E-state index < -0.39 is 0 Å². The maximum Gasteiger partial charge on any atom is 0.103 e. The lowest BCUT2D eigenvalue weighted by atomic mass is 10.1. The van der Waals surface area contributed by atoms with Crippen LogP contribution in [0.2, 0.25) is 0 Å². The van der Waals surface area contributed by atoms with Gasteiger partial charge >= 0.3 is 0 Å². The Hall–Kier alpha value is -0.840. The molecule has 4 heteroatoms. The fourth-order valence-corrected chi connectivity index (χ4v) is 3.29. The summed E-state index contributed by atoms with van der Waals surface area (Å²) in [4.78, 5) is 5.59. The van der Waals surface area contributed by atoms with Gasteiger partial charge in [-0.25, -0.2) is 4.98 Å². The Morgan fingerprint density at radius 3 is 2.72 bits per heavy atom. The Morgan fingerprint density at radius 1 is 1.33 bits per heavy atom. The summed E-state index contributed by atoms with van der Waals surface area (Å²) in [6.07, 6.45) is 1.86. The second-order valence-electron chi connectivity index (χ2n) is 4.06. The van der Waals surface area contributed by atoms with Crippen molar-refractivity contribution in [1.29, 1.82) is 0 Å². The van der Waals surface area contributed by atoms with E-state index in [1.165, 1.54) is 15.5 Å². The Labute approximate surface area is 117 Å². The lowest BCUT2D eigenvalue weighted by Gasteiger charge is -2.12. The minimum absolute atomic E-state index is 0.424. The van der Waals surface area contributed by atoms with Gasteiger partial charge in [-0.2, -0.15) is 0 Å². The van der Waals surface area contributed by atoms with Gasteiger partial charge in [-0.05, 0) is 31.2 Å². The van der Waals surface area contributed by atoms with Crippen LogP contribution in [-0.4, -0.2) is 11.5 Å². The largest absolute Gasteiger partial charge is 0.310 e. The monoisotopic (exact) mass is 278 g/mol. The molecular weight excluding hydrogens is 260 g/mol. The van der Waals surface area contributed by atoms with Gasteiger partial charge in [-0.1, -0.05) is 19.1 Å². The third-order valence-electron chi connectivity index (χ3n) is 2.74. The molecule has 0 aliphatic carbocycles. The maximum absolute atomic E-state index is 4.29. The van der Waals surface area contributed by atoms with Crippen LogP contribution in [0.1, 0.15) is 30.5 Å². The molecule has 2 aromatic rings. The summed E-state index contributed by atoms with van der Waals surface area (Å²) < 4.78 is 0. The van der Waals surface area contributed by atoms with Crippen molar-refractivity contribution in [2.45, 2.75) is 30.5 Å². The van der Waals surface area contributed by atoms with Crippen LogP contribution in [0.25, 0.3) is 0 Å². The molecule has 0 aliphatic heterocycles. The number of hydrogen-bond donors (Lipinski definition) is 1. The molecule has 0 amide bonds. The van der Waals surface area contributed by atoms with Gasteiger partial charge in [0, 0.05) is 22.5 Å². The number of thioether (sulfide) groups is 1. The predicted molar refractivity (Wildman–Crippen MR) is 80.2 cm³/mol. The zero-order valence-corrected chi connectivity index (χ0v) is 12.4. The SMILES string of the molecule is CCNC(C)c1ccc(SCc2nccs2)cc1. The molecule has 96 valence electrons. The highest BCUT2D eigenvalue weighted by molar-refractivity contribution is 7.98. The van der Waals surface area contributed by atoms with E-state index in [0.29, 0.717) is 6.04 Å². The molecule has 0 saturated carbocycles. The fourth-order valence-electron chi connectivity index (χ4n) is 1.75. The van der Waals surface area contributed by atoms with Gasteiger partial charge in [0.05, 0.1) is 5.75 Å². The van der Waals surface area contributed by atoms with Gasteiger partial charge in [0.15, 0.2) is 0 Å². The maximum atomic E-state index is 4.29. The van der Waals surface area contributed by atoms with E-state index >= 15 is 0 Å². The zero-order valence-electron chi connectivity index (χ0n) is 10.7. The van der Waals surface area contributed by atoms with Crippen molar-refractivity contribution in [3.63, 3.8) is 0 Å². The first kappa shape index (κ1) is 13.6. The van der Waals surface area contributed by atoms with Crippen molar-refractivity contribution in [3.8, 4) is 0 Å². The molecule has 0 saturated heterocycles. The number of hydrogen-bond acceptors (Lipinski definition) is 4. The van der Waals surface area contributed by atoms with Crippen LogP contribution in [0.4, 0.5) is 0 Å². The van der Waals surface area contributed by atoms with Crippen molar-refractivity contribution in [3.05, 3.63) is 46.4 Å². The van der Waals surface area contributed by atoms with Crippen LogP contribution in [0.5, 0.6) is 0 Å². The third kappa shape index (κ3) is 3.83. The molecule has 0 spiro atoms. The summed E-state index contributed by atoms with van der Waals surface area (Å²) in [5, 5.41) is 6.63. The van der Waals surface area contributed by atoms with Crippen LogP contribution in [0.15, 0.2) is 40.7 Å². The van der Waals surface area contributed by atoms with E-state index in [2.05, 4.69) is 48.4 Å². The van der Waals surface area contributed by atoms with Gasteiger partial charge in [-0.15, -0.1) is 23.1 Å². The number of thiazole rings is 1. The van der Waals surface area contributed by atoms with E-state index in [9.17, 15) is 0 Å². The van der Waals surface area contributed by atoms with E-state index in [1.807, 2.05) is 23.3 Å². The summed E-state index contributed by atoms with van der Waals surface area (Å²) >= 11 is 3.55. The van der Waals surface area contributed by atoms with Gasteiger partial charge < -0.3 is 5.32 Å².